The number of carbonyl (C=O) groups excluding carboxylic acids is 1. The molecule has 146 valence electrons. The van der Waals surface area contributed by atoms with E-state index in [9.17, 15) is 4.79 Å². The quantitative estimate of drug-likeness (QED) is 0.657. The van der Waals surface area contributed by atoms with E-state index in [0.29, 0.717) is 19.0 Å². The number of para-hydroxylation sites is 2. The number of rotatable bonds is 7. The number of benzene rings is 2. The van der Waals surface area contributed by atoms with E-state index in [1.165, 1.54) is 0 Å². The van der Waals surface area contributed by atoms with Crippen molar-refractivity contribution in [3.05, 3.63) is 53.9 Å². The molecule has 4 rings (SSSR count). The number of hydrogen-bond acceptors (Lipinski definition) is 5. The monoisotopic (exact) mass is 381 g/mol. The van der Waals surface area contributed by atoms with E-state index in [0.717, 1.165) is 34.5 Å². The molecule has 28 heavy (non-hydrogen) atoms. The number of aromatic nitrogens is 2. The van der Waals surface area contributed by atoms with Crippen LogP contribution in [0.3, 0.4) is 0 Å². The Balaban J connectivity index is 1.20. The van der Waals surface area contributed by atoms with Crippen LogP contribution in [0.25, 0.3) is 11.0 Å². The molecule has 1 atom stereocenters. The second-order valence-corrected chi connectivity index (χ2v) is 6.85. The Morgan fingerprint density at radius 3 is 3.07 bits per heavy atom. The summed E-state index contributed by atoms with van der Waals surface area (Å²) in [6, 6.07) is 13.6. The van der Waals surface area contributed by atoms with Crippen LogP contribution >= 0.6 is 0 Å². The zero-order chi connectivity index (χ0) is 19.3. The second kappa shape index (κ2) is 8.31. The molecule has 2 N–H and O–H groups in total. The number of nitrogens with one attached hydrogen (secondary N) is 2. The lowest BCUT2D eigenvalue weighted by Gasteiger charge is -2.25. The van der Waals surface area contributed by atoms with Crippen LogP contribution in [0.1, 0.15) is 11.4 Å². The van der Waals surface area contributed by atoms with Gasteiger partial charge in [-0.05, 0) is 30.2 Å². The van der Waals surface area contributed by atoms with Crippen molar-refractivity contribution in [2.24, 2.45) is 5.92 Å². The third-order valence-corrected chi connectivity index (χ3v) is 4.76. The highest BCUT2D eigenvalue weighted by atomic mass is 16.5. The van der Waals surface area contributed by atoms with Crippen LogP contribution in [-0.2, 0) is 22.6 Å². The van der Waals surface area contributed by atoms with Gasteiger partial charge in [0.1, 0.15) is 30.5 Å². The van der Waals surface area contributed by atoms with E-state index in [2.05, 4.69) is 15.3 Å². The largest absolute Gasteiger partial charge is 0.497 e. The van der Waals surface area contributed by atoms with Crippen LogP contribution in [0.15, 0.2) is 42.5 Å². The molecule has 1 unspecified atom stereocenters. The normalized spacial score (nSPS) is 15.7. The number of aromatic amines is 1. The average molecular weight is 381 g/mol. The maximum Gasteiger partial charge on any atom is 0.246 e. The molecule has 0 saturated carbocycles. The first kappa shape index (κ1) is 18.3. The first-order valence-corrected chi connectivity index (χ1v) is 9.29. The number of fused-ring (bicyclic) bond motifs is 2. The number of ether oxygens (including phenoxy) is 3. The molecular formula is C21H23N3O4. The first-order chi connectivity index (χ1) is 13.7. The predicted molar refractivity (Wildman–Crippen MR) is 104 cm³/mol. The minimum absolute atomic E-state index is 0.00158. The Morgan fingerprint density at radius 1 is 1.32 bits per heavy atom. The van der Waals surface area contributed by atoms with Gasteiger partial charge in [-0.1, -0.05) is 18.2 Å². The first-order valence-electron chi connectivity index (χ1n) is 9.29. The minimum Gasteiger partial charge on any atom is -0.497 e. The maximum atomic E-state index is 12.1. The standard InChI is InChI=1S/C21H23N3O4/c1-26-16-7-6-15-8-14(11-28-19(15)9-16)10-22-21(25)13-27-12-20-23-17-4-2-3-5-18(17)24-20/h2-7,9,14H,8,10-13H2,1H3,(H,22,25)(H,23,24). The summed E-state index contributed by atoms with van der Waals surface area (Å²) in [6.45, 7) is 1.39. The van der Waals surface area contributed by atoms with E-state index in [1.807, 2.05) is 42.5 Å². The Morgan fingerprint density at radius 2 is 2.21 bits per heavy atom. The molecule has 1 aromatic heterocycles. The highest BCUT2D eigenvalue weighted by Crippen LogP contribution is 2.30. The van der Waals surface area contributed by atoms with Gasteiger partial charge in [0.05, 0.1) is 24.8 Å². The Bertz CT molecular complexity index is 936. The van der Waals surface area contributed by atoms with Crippen LogP contribution in [0.2, 0.25) is 0 Å². The average Bonchev–Trinajstić information content (AvgIpc) is 3.14. The summed E-state index contributed by atoms with van der Waals surface area (Å²) in [5.41, 5.74) is 2.98. The Labute approximate surface area is 163 Å². The van der Waals surface area contributed by atoms with Crippen LogP contribution in [0.4, 0.5) is 0 Å². The van der Waals surface area contributed by atoms with Crippen LogP contribution in [0.5, 0.6) is 11.5 Å². The molecule has 0 radical (unpaired) electrons. The van der Waals surface area contributed by atoms with Crippen molar-refractivity contribution in [1.82, 2.24) is 15.3 Å². The van der Waals surface area contributed by atoms with Crippen molar-refractivity contribution in [3.8, 4) is 11.5 Å². The second-order valence-electron chi connectivity index (χ2n) is 6.85. The molecule has 0 saturated heterocycles. The van der Waals surface area contributed by atoms with Gasteiger partial charge in [-0.3, -0.25) is 4.79 Å². The lowest BCUT2D eigenvalue weighted by Crippen LogP contribution is -2.36. The molecule has 3 aromatic rings. The van der Waals surface area contributed by atoms with E-state index in [1.54, 1.807) is 7.11 Å². The smallest absolute Gasteiger partial charge is 0.246 e. The number of nitrogens with zero attached hydrogens (tertiary/aromatic N) is 1. The molecule has 2 aromatic carbocycles. The molecule has 0 spiro atoms. The molecule has 1 amide bonds. The van der Waals surface area contributed by atoms with E-state index in [4.69, 9.17) is 14.2 Å². The molecule has 2 heterocycles. The van der Waals surface area contributed by atoms with Crippen LogP contribution in [0, 0.1) is 5.92 Å². The fourth-order valence-electron chi connectivity index (χ4n) is 3.30. The number of H-pyrrole nitrogens is 1. The van der Waals surface area contributed by atoms with E-state index >= 15 is 0 Å². The highest BCUT2D eigenvalue weighted by molar-refractivity contribution is 5.77. The molecule has 7 heteroatoms. The van der Waals surface area contributed by atoms with Gasteiger partial charge in [-0.2, -0.15) is 0 Å². The van der Waals surface area contributed by atoms with Crippen molar-refractivity contribution in [3.63, 3.8) is 0 Å². The third-order valence-electron chi connectivity index (χ3n) is 4.76. The number of hydrogen-bond donors (Lipinski definition) is 2. The Hall–Kier alpha value is -3.06. The fraction of sp³-hybridized carbons (Fsp3) is 0.333. The number of imidazole rings is 1. The van der Waals surface area contributed by atoms with Crippen molar-refractivity contribution in [1.29, 1.82) is 0 Å². The number of amides is 1. The van der Waals surface area contributed by atoms with Gasteiger partial charge in [0, 0.05) is 18.5 Å². The van der Waals surface area contributed by atoms with Crippen molar-refractivity contribution in [2.75, 3.05) is 26.9 Å². The Kier molecular flexibility index (Phi) is 5.43. The molecule has 1 aliphatic rings. The van der Waals surface area contributed by atoms with Crippen LogP contribution < -0.4 is 14.8 Å². The van der Waals surface area contributed by atoms with Gasteiger partial charge < -0.3 is 24.5 Å². The number of carbonyl (C=O) groups is 1. The molecule has 0 bridgehead atoms. The summed E-state index contributed by atoms with van der Waals surface area (Å²) in [5.74, 6) is 2.45. The highest BCUT2D eigenvalue weighted by Gasteiger charge is 2.21. The summed E-state index contributed by atoms with van der Waals surface area (Å²) in [5, 5.41) is 2.92. The lowest BCUT2D eigenvalue weighted by molar-refractivity contribution is -0.126. The topological polar surface area (TPSA) is 85.5 Å². The van der Waals surface area contributed by atoms with Gasteiger partial charge in [-0.15, -0.1) is 0 Å². The number of methoxy groups -OCH3 is 1. The minimum atomic E-state index is -0.142. The zero-order valence-corrected chi connectivity index (χ0v) is 15.7. The summed E-state index contributed by atoms with van der Waals surface area (Å²) in [4.78, 5) is 19.7. The third kappa shape index (κ3) is 4.26. The van der Waals surface area contributed by atoms with E-state index < -0.39 is 0 Å². The van der Waals surface area contributed by atoms with Gasteiger partial charge >= 0.3 is 0 Å². The SMILES string of the molecule is COc1ccc2c(c1)OCC(CNC(=O)COCc1nc3ccccc3[nH]1)C2. The summed E-state index contributed by atoms with van der Waals surface area (Å²) in [7, 11) is 1.64. The molecule has 0 fully saturated rings. The van der Waals surface area contributed by atoms with Gasteiger partial charge in [0.15, 0.2) is 0 Å². The lowest BCUT2D eigenvalue weighted by atomic mass is 9.96. The summed E-state index contributed by atoms with van der Waals surface area (Å²) >= 11 is 0. The van der Waals surface area contributed by atoms with Crippen LogP contribution in [-0.4, -0.2) is 42.7 Å². The van der Waals surface area contributed by atoms with Crippen molar-refractivity contribution in [2.45, 2.75) is 13.0 Å². The van der Waals surface area contributed by atoms with Crippen molar-refractivity contribution >= 4 is 16.9 Å². The predicted octanol–water partition coefficient (Wildman–Crippen LogP) is 2.46. The van der Waals surface area contributed by atoms with Gasteiger partial charge in [0.2, 0.25) is 5.91 Å². The molecular weight excluding hydrogens is 358 g/mol. The van der Waals surface area contributed by atoms with Gasteiger partial charge in [-0.25, -0.2) is 4.98 Å². The zero-order valence-electron chi connectivity index (χ0n) is 15.7. The van der Waals surface area contributed by atoms with E-state index in [-0.39, 0.29) is 25.0 Å². The van der Waals surface area contributed by atoms with Gasteiger partial charge in [0.25, 0.3) is 0 Å². The maximum absolute atomic E-state index is 12.1. The summed E-state index contributed by atoms with van der Waals surface area (Å²) < 4.78 is 16.5. The molecule has 0 aliphatic carbocycles. The summed E-state index contributed by atoms with van der Waals surface area (Å²) in [6.07, 6.45) is 0.861. The molecule has 1 aliphatic heterocycles. The van der Waals surface area contributed by atoms with Crippen molar-refractivity contribution < 1.29 is 19.0 Å². The molecule has 7 nitrogen and oxygen atoms in total. The fourth-order valence-corrected chi connectivity index (χ4v) is 3.30.